The highest BCUT2D eigenvalue weighted by Crippen LogP contribution is 2.01. The molecule has 1 rings (SSSR count). The van der Waals surface area contributed by atoms with Gasteiger partial charge in [0, 0.05) is 6.54 Å². The molecule has 0 aliphatic rings. The maximum absolute atomic E-state index is 3.77. The number of allylic oxidation sites excluding steroid dienone is 2. The van der Waals surface area contributed by atoms with Crippen LogP contribution in [0.2, 0.25) is 0 Å². The lowest BCUT2D eigenvalue weighted by molar-refractivity contribution is 0.688. The second-order valence-electron chi connectivity index (χ2n) is 3.48. The first-order chi connectivity index (χ1) is 8.36. The summed E-state index contributed by atoms with van der Waals surface area (Å²) in [6, 6.07) is 10.4. The molecule has 1 nitrogen and oxygen atoms in total. The Bertz CT molecular complexity index is 325. The normalized spacial score (nSPS) is 10.3. The van der Waals surface area contributed by atoms with Crippen LogP contribution >= 0.6 is 0 Å². The van der Waals surface area contributed by atoms with Gasteiger partial charge in [-0.1, -0.05) is 54.6 Å². The van der Waals surface area contributed by atoms with E-state index in [-0.39, 0.29) is 0 Å². The van der Waals surface area contributed by atoms with Crippen molar-refractivity contribution in [3.63, 3.8) is 0 Å². The molecule has 0 bridgehead atoms. The Morgan fingerprint density at radius 3 is 2.41 bits per heavy atom. The summed E-state index contributed by atoms with van der Waals surface area (Å²) in [5.74, 6) is 0. The molecule has 0 unspecified atom stereocenters. The van der Waals surface area contributed by atoms with Gasteiger partial charge in [0.2, 0.25) is 0 Å². The Morgan fingerprint density at radius 2 is 1.88 bits per heavy atom. The van der Waals surface area contributed by atoms with Crippen molar-refractivity contribution in [2.75, 3.05) is 6.54 Å². The summed E-state index contributed by atoms with van der Waals surface area (Å²) < 4.78 is 0. The van der Waals surface area contributed by atoms with Crippen molar-refractivity contribution >= 4 is 0 Å². The molecule has 92 valence electrons. The van der Waals surface area contributed by atoms with Crippen LogP contribution in [0.5, 0.6) is 0 Å². The van der Waals surface area contributed by atoms with Gasteiger partial charge < -0.3 is 5.32 Å². The summed E-state index contributed by atoms with van der Waals surface area (Å²) in [6.07, 6.45) is 5.08. The van der Waals surface area contributed by atoms with E-state index in [0.29, 0.717) is 0 Å². The summed E-state index contributed by atoms with van der Waals surface area (Å²) in [7, 11) is 0. The Hall–Kier alpha value is -1.60. The third-order valence-electron chi connectivity index (χ3n) is 2.40. The van der Waals surface area contributed by atoms with Crippen molar-refractivity contribution in [1.29, 1.82) is 0 Å². The number of rotatable bonds is 6. The van der Waals surface area contributed by atoms with E-state index in [1.807, 2.05) is 19.1 Å². The molecule has 0 aliphatic heterocycles. The highest BCUT2D eigenvalue weighted by molar-refractivity contribution is 5.16. The fourth-order valence-electron chi connectivity index (χ4n) is 1.43. The van der Waals surface area contributed by atoms with E-state index in [0.717, 1.165) is 19.5 Å². The average Bonchev–Trinajstić information content (AvgIpc) is 2.42. The summed E-state index contributed by atoms with van der Waals surface area (Å²) in [4.78, 5) is 0. The molecule has 1 aromatic carbocycles. The summed E-state index contributed by atoms with van der Waals surface area (Å²) in [5.41, 5.74) is 2.63. The van der Waals surface area contributed by atoms with Gasteiger partial charge in [0.25, 0.3) is 0 Å². The molecule has 0 spiro atoms. The largest absolute Gasteiger partial charge is 0.312 e. The zero-order valence-electron chi connectivity index (χ0n) is 10.8. The lowest BCUT2D eigenvalue weighted by atomic mass is 10.1. The zero-order valence-corrected chi connectivity index (χ0v) is 10.8. The first-order valence-electron chi connectivity index (χ1n) is 5.89. The molecule has 0 radical (unpaired) electrons. The quantitative estimate of drug-likeness (QED) is 0.440. The highest BCUT2D eigenvalue weighted by Gasteiger charge is 1.92. The topological polar surface area (TPSA) is 12.0 Å². The second kappa shape index (κ2) is 10.9. The van der Waals surface area contributed by atoms with Gasteiger partial charge in [-0.15, -0.1) is 13.2 Å². The van der Waals surface area contributed by atoms with Crippen LogP contribution in [-0.4, -0.2) is 6.54 Å². The maximum atomic E-state index is 3.77. The van der Waals surface area contributed by atoms with Crippen LogP contribution in [0.4, 0.5) is 0 Å². The van der Waals surface area contributed by atoms with Crippen molar-refractivity contribution in [2.24, 2.45) is 0 Å². The predicted molar refractivity (Wildman–Crippen MR) is 78.0 cm³/mol. The minimum absolute atomic E-state index is 0.939. The van der Waals surface area contributed by atoms with Gasteiger partial charge in [0.1, 0.15) is 0 Å². The minimum atomic E-state index is 0.939. The molecule has 0 atom stereocenters. The molecule has 0 aliphatic carbocycles. The lowest BCUT2D eigenvalue weighted by Gasteiger charge is -2.05. The molecule has 0 aromatic heterocycles. The van der Waals surface area contributed by atoms with Crippen LogP contribution in [0.1, 0.15) is 18.9 Å². The molecule has 1 N–H and O–H groups in total. The Labute approximate surface area is 106 Å². The Morgan fingerprint density at radius 1 is 1.24 bits per heavy atom. The summed E-state index contributed by atoms with van der Waals surface area (Å²) in [5, 5.41) is 3.41. The smallest absolute Gasteiger partial charge is 0.0205 e. The van der Waals surface area contributed by atoms with Gasteiger partial charge >= 0.3 is 0 Å². The van der Waals surface area contributed by atoms with Gasteiger partial charge in [-0.3, -0.25) is 0 Å². The van der Waals surface area contributed by atoms with E-state index in [9.17, 15) is 0 Å². The van der Waals surface area contributed by atoms with Crippen molar-refractivity contribution in [2.45, 2.75) is 19.9 Å². The summed E-state index contributed by atoms with van der Waals surface area (Å²) >= 11 is 0. The molecule has 0 saturated heterocycles. The third-order valence-corrected chi connectivity index (χ3v) is 2.40. The van der Waals surface area contributed by atoms with E-state index >= 15 is 0 Å². The maximum Gasteiger partial charge on any atom is 0.0205 e. The number of benzene rings is 1. The number of nitrogens with one attached hydrogen (secondary N) is 1. The van der Waals surface area contributed by atoms with Gasteiger partial charge in [-0.25, -0.2) is 0 Å². The fourth-order valence-corrected chi connectivity index (χ4v) is 1.43. The second-order valence-corrected chi connectivity index (χ2v) is 3.48. The fraction of sp³-hybridized carbons (Fsp3) is 0.250. The summed E-state index contributed by atoms with van der Waals surface area (Å²) in [6.45, 7) is 13.8. The standard InChI is InChI=1S/C14H19N.C2H4/c1-3-13(4-2)10-11-15-12-14-8-6-5-7-9-14;1-2/h3-9,15H,1,10-12H2,2H3;1-2H2/b13-4+;. The molecule has 0 amide bonds. The lowest BCUT2D eigenvalue weighted by Crippen LogP contribution is -2.14. The van der Waals surface area contributed by atoms with E-state index in [2.05, 4.69) is 55.4 Å². The van der Waals surface area contributed by atoms with Crippen LogP contribution in [0, 0.1) is 0 Å². The van der Waals surface area contributed by atoms with E-state index < -0.39 is 0 Å². The Kier molecular flexibility index (Phi) is 9.88. The molecule has 0 fully saturated rings. The monoisotopic (exact) mass is 229 g/mol. The SMILES string of the molecule is C=C.C=C/C(=C\C)CCNCc1ccccc1. The minimum Gasteiger partial charge on any atom is -0.312 e. The first-order valence-corrected chi connectivity index (χ1v) is 5.89. The van der Waals surface area contributed by atoms with E-state index in [1.165, 1.54) is 11.1 Å². The van der Waals surface area contributed by atoms with Gasteiger partial charge in [0.05, 0.1) is 0 Å². The van der Waals surface area contributed by atoms with E-state index in [1.54, 1.807) is 0 Å². The van der Waals surface area contributed by atoms with Gasteiger partial charge in [0.15, 0.2) is 0 Å². The van der Waals surface area contributed by atoms with Crippen LogP contribution in [0.15, 0.2) is 67.8 Å². The van der Waals surface area contributed by atoms with Crippen molar-refractivity contribution in [3.05, 3.63) is 73.4 Å². The van der Waals surface area contributed by atoms with Crippen LogP contribution < -0.4 is 5.32 Å². The molecular weight excluding hydrogens is 206 g/mol. The first kappa shape index (κ1) is 15.4. The zero-order chi connectivity index (χ0) is 12.9. The highest BCUT2D eigenvalue weighted by atomic mass is 14.8. The third kappa shape index (κ3) is 7.31. The molecule has 1 aromatic rings. The molecule has 1 heteroatoms. The molecule has 17 heavy (non-hydrogen) atoms. The number of hydrogen-bond donors (Lipinski definition) is 1. The molecule has 0 saturated carbocycles. The average molecular weight is 229 g/mol. The molecular formula is C16H23N. The van der Waals surface area contributed by atoms with E-state index in [4.69, 9.17) is 0 Å². The predicted octanol–water partition coefficient (Wildman–Crippen LogP) is 4.10. The van der Waals surface area contributed by atoms with Crippen molar-refractivity contribution in [3.8, 4) is 0 Å². The van der Waals surface area contributed by atoms with Gasteiger partial charge in [-0.05, 0) is 25.5 Å². The van der Waals surface area contributed by atoms with Crippen LogP contribution in [0.25, 0.3) is 0 Å². The number of hydrogen-bond acceptors (Lipinski definition) is 1. The van der Waals surface area contributed by atoms with Crippen molar-refractivity contribution < 1.29 is 0 Å². The molecule has 0 heterocycles. The van der Waals surface area contributed by atoms with Gasteiger partial charge in [-0.2, -0.15) is 0 Å². The van der Waals surface area contributed by atoms with Crippen LogP contribution in [0.3, 0.4) is 0 Å². The van der Waals surface area contributed by atoms with Crippen molar-refractivity contribution in [1.82, 2.24) is 5.32 Å². The Balaban J connectivity index is 0.00000121. The van der Waals surface area contributed by atoms with Crippen LogP contribution in [-0.2, 0) is 6.54 Å².